The van der Waals surface area contributed by atoms with Gasteiger partial charge in [0.15, 0.2) is 0 Å². The van der Waals surface area contributed by atoms with Crippen LogP contribution in [0.1, 0.15) is 90.0 Å². The molecule has 5 heteroatoms. The van der Waals surface area contributed by atoms with Crippen molar-refractivity contribution in [3.8, 4) is 0 Å². The number of fused-ring (bicyclic) bond motifs is 6. The van der Waals surface area contributed by atoms with Gasteiger partial charge in [-0.2, -0.15) is 0 Å². The van der Waals surface area contributed by atoms with Crippen molar-refractivity contribution in [3.63, 3.8) is 0 Å². The van der Waals surface area contributed by atoms with Gasteiger partial charge in [-0.3, -0.25) is 4.79 Å². The summed E-state index contributed by atoms with van der Waals surface area (Å²) in [5.41, 5.74) is 1.97. The highest BCUT2D eigenvalue weighted by molar-refractivity contribution is 5.95. The second kappa shape index (κ2) is 9.08. The van der Waals surface area contributed by atoms with E-state index in [-0.39, 0.29) is 34.8 Å². The summed E-state index contributed by atoms with van der Waals surface area (Å²) in [6.45, 7) is 5.55. The summed E-state index contributed by atoms with van der Waals surface area (Å²) in [6, 6.07) is 5.06. The van der Waals surface area contributed by atoms with Crippen LogP contribution in [-0.2, 0) is 11.2 Å². The zero-order chi connectivity index (χ0) is 25.2. The van der Waals surface area contributed by atoms with Crippen molar-refractivity contribution in [1.29, 1.82) is 0 Å². The average Bonchev–Trinajstić information content (AvgIpc) is 3.42. The molecule has 4 fully saturated rings. The molecule has 198 valence electrons. The molecule has 1 aliphatic heterocycles. The lowest BCUT2D eigenvalue weighted by atomic mass is 9.44. The molecule has 1 amide bonds. The molecule has 0 saturated heterocycles. The first-order valence-corrected chi connectivity index (χ1v) is 14.7. The second-order valence-corrected chi connectivity index (χ2v) is 13.5. The lowest BCUT2D eigenvalue weighted by Gasteiger charge is -2.62. The Balaban J connectivity index is 1.10. The fourth-order valence-corrected chi connectivity index (χ4v) is 10.1. The summed E-state index contributed by atoms with van der Waals surface area (Å²) < 4.78 is 14.1. The van der Waals surface area contributed by atoms with Crippen molar-refractivity contribution in [1.82, 2.24) is 0 Å². The van der Waals surface area contributed by atoms with Gasteiger partial charge in [0.2, 0.25) is 5.91 Å². The van der Waals surface area contributed by atoms with Crippen molar-refractivity contribution in [2.24, 2.45) is 40.4 Å². The Kier molecular flexibility index (Phi) is 6.27. The largest absolute Gasteiger partial charge is 0.393 e. The van der Waals surface area contributed by atoms with Gasteiger partial charge in [0.05, 0.1) is 12.2 Å². The first-order valence-electron chi connectivity index (χ1n) is 14.7. The quantitative estimate of drug-likeness (QED) is 0.546. The number of carbonyl (C=O) groups excluding carboxylic acids is 1. The Morgan fingerprint density at radius 2 is 1.83 bits per heavy atom. The zero-order valence-electron chi connectivity index (χ0n) is 22.1. The van der Waals surface area contributed by atoms with E-state index in [1.807, 2.05) is 6.07 Å². The van der Waals surface area contributed by atoms with Crippen LogP contribution in [0.15, 0.2) is 18.2 Å². The number of anilines is 1. The number of rotatable bonds is 4. The molecule has 2 N–H and O–H groups in total. The first-order chi connectivity index (χ1) is 17.2. The molecule has 36 heavy (non-hydrogen) atoms. The van der Waals surface area contributed by atoms with E-state index in [2.05, 4.69) is 13.8 Å². The SMILES string of the molecule is CC12CCC3C(C(O)CC4C[C@H](O)CCC43C)C1CCC2CCCC(=O)N1CCc2c(F)cccc21. The fourth-order valence-electron chi connectivity index (χ4n) is 10.1. The van der Waals surface area contributed by atoms with Crippen molar-refractivity contribution >= 4 is 11.6 Å². The summed E-state index contributed by atoms with van der Waals surface area (Å²) in [6.07, 6.45) is 11.3. The van der Waals surface area contributed by atoms with E-state index in [0.717, 1.165) is 44.2 Å². The number of aliphatic hydroxyl groups excluding tert-OH is 2. The third kappa shape index (κ3) is 3.78. The molecule has 6 rings (SSSR count). The number of hydrogen-bond acceptors (Lipinski definition) is 3. The maximum atomic E-state index is 14.1. The Morgan fingerprint density at radius 3 is 2.67 bits per heavy atom. The van der Waals surface area contributed by atoms with Crippen LogP contribution in [0.4, 0.5) is 10.1 Å². The van der Waals surface area contributed by atoms with Gasteiger partial charge in [-0.05, 0) is 123 Å². The van der Waals surface area contributed by atoms with Gasteiger partial charge in [-0.1, -0.05) is 19.9 Å². The molecule has 5 aliphatic rings. The number of benzene rings is 1. The van der Waals surface area contributed by atoms with Crippen molar-refractivity contribution in [2.45, 2.75) is 103 Å². The highest BCUT2D eigenvalue weighted by atomic mass is 19.1. The molecule has 4 aliphatic carbocycles. The van der Waals surface area contributed by atoms with Gasteiger partial charge in [0.25, 0.3) is 0 Å². The number of hydrogen-bond donors (Lipinski definition) is 2. The van der Waals surface area contributed by atoms with Crippen LogP contribution in [-0.4, -0.2) is 34.9 Å². The van der Waals surface area contributed by atoms with Crippen LogP contribution in [0.2, 0.25) is 0 Å². The van der Waals surface area contributed by atoms with Gasteiger partial charge < -0.3 is 15.1 Å². The summed E-state index contributed by atoms with van der Waals surface area (Å²) in [5, 5.41) is 21.7. The lowest BCUT2D eigenvalue weighted by molar-refractivity contribution is -0.172. The summed E-state index contributed by atoms with van der Waals surface area (Å²) in [7, 11) is 0. The van der Waals surface area contributed by atoms with Crippen molar-refractivity contribution in [2.75, 3.05) is 11.4 Å². The topological polar surface area (TPSA) is 60.8 Å². The van der Waals surface area contributed by atoms with E-state index in [1.54, 1.807) is 11.0 Å². The zero-order valence-corrected chi connectivity index (χ0v) is 22.1. The molecular weight excluding hydrogens is 453 g/mol. The second-order valence-electron chi connectivity index (χ2n) is 13.5. The van der Waals surface area contributed by atoms with Crippen LogP contribution in [0, 0.1) is 46.2 Å². The Labute approximate surface area is 215 Å². The number of halogens is 1. The molecule has 8 unspecified atom stereocenters. The predicted molar refractivity (Wildman–Crippen MR) is 139 cm³/mol. The molecule has 0 spiro atoms. The van der Waals surface area contributed by atoms with Gasteiger partial charge in [-0.25, -0.2) is 4.39 Å². The van der Waals surface area contributed by atoms with E-state index in [4.69, 9.17) is 0 Å². The third-order valence-corrected chi connectivity index (χ3v) is 12.1. The minimum absolute atomic E-state index is 0.129. The van der Waals surface area contributed by atoms with Crippen LogP contribution < -0.4 is 4.90 Å². The van der Waals surface area contributed by atoms with Crippen LogP contribution in [0.5, 0.6) is 0 Å². The number of aliphatic hydroxyl groups is 2. The predicted octanol–water partition coefficient (Wildman–Crippen LogP) is 5.88. The van der Waals surface area contributed by atoms with Crippen molar-refractivity contribution in [3.05, 3.63) is 29.6 Å². The van der Waals surface area contributed by atoms with E-state index in [9.17, 15) is 19.4 Å². The molecule has 1 aromatic rings. The van der Waals surface area contributed by atoms with E-state index < -0.39 is 0 Å². The fraction of sp³-hybridized carbons (Fsp3) is 0.774. The van der Waals surface area contributed by atoms with Crippen LogP contribution in [0.25, 0.3) is 0 Å². The molecular formula is C31H44FNO3. The Morgan fingerprint density at radius 1 is 1.06 bits per heavy atom. The van der Waals surface area contributed by atoms with Crippen LogP contribution in [0.3, 0.4) is 0 Å². The minimum Gasteiger partial charge on any atom is -0.393 e. The molecule has 0 radical (unpaired) electrons. The summed E-state index contributed by atoms with van der Waals surface area (Å²) in [5.74, 6) is 2.54. The first kappa shape index (κ1) is 24.9. The van der Waals surface area contributed by atoms with Gasteiger partial charge >= 0.3 is 0 Å². The van der Waals surface area contributed by atoms with Crippen LogP contribution >= 0.6 is 0 Å². The lowest BCUT2D eigenvalue weighted by Crippen LogP contribution is -2.58. The molecule has 1 heterocycles. The molecule has 0 aromatic heterocycles. The van der Waals surface area contributed by atoms with E-state index in [1.165, 1.54) is 31.7 Å². The standard InChI is InChI=1S/C31H44FNO3/c1-30-15-12-24-29(27(35)18-20-17-21(34)11-14-31(20,24)2)23(30)10-9-19(30)5-3-8-28(36)33-16-13-22-25(32)6-4-7-26(22)33/h4,6-7,19-21,23-24,27,29,34-35H,3,5,8-18H2,1-2H3/t19?,20?,21-,23?,24?,27?,29?,30?,31?/m1/s1. The maximum absolute atomic E-state index is 14.1. The van der Waals surface area contributed by atoms with Crippen molar-refractivity contribution < 1.29 is 19.4 Å². The maximum Gasteiger partial charge on any atom is 0.226 e. The van der Waals surface area contributed by atoms with Gasteiger partial charge in [0.1, 0.15) is 5.82 Å². The Hall–Kier alpha value is -1.46. The molecule has 9 atom stereocenters. The number of amides is 1. The molecule has 0 bridgehead atoms. The van der Waals surface area contributed by atoms with Gasteiger partial charge in [-0.15, -0.1) is 0 Å². The normalized spacial score (nSPS) is 43.5. The average molecular weight is 498 g/mol. The number of nitrogens with zero attached hydrogens (tertiary/aromatic N) is 1. The molecule has 4 saturated carbocycles. The minimum atomic E-state index is -0.237. The monoisotopic (exact) mass is 497 g/mol. The summed E-state index contributed by atoms with van der Waals surface area (Å²) >= 11 is 0. The molecule has 1 aromatic carbocycles. The third-order valence-electron chi connectivity index (χ3n) is 12.1. The number of carbonyl (C=O) groups is 1. The summed E-state index contributed by atoms with van der Waals surface area (Å²) in [4.78, 5) is 14.8. The molecule has 4 nitrogen and oxygen atoms in total. The highest BCUT2D eigenvalue weighted by Gasteiger charge is 2.62. The smallest absolute Gasteiger partial charge is 0.226 e. The van der Waals surface area contributed by atoms with E-state index >= 15 is 0 Å². The highest BCUT2D eigenvalue weighted by Crippen LogP contribution is 2.67. The van der Waals surface area contributed by atoms with Gasteiger partial charge in [0, 0.05) is 24.2 Å². The Bertz CT molecular complexity index is 1010. The van der Waals surface area contributed by atoms with E-state index in [0.29, 0.717) is 54.5 Å².